The number of carbonyl (C=O) groups excluding carboxylic acids is 2. The number of aliphatic hydroxyl groups excluding tert-OH is 1. The van der Waals surface area contributed by atoms with Gasteiger partial charge >= 0.3 is 6.03 Å². The number of amides is 3. The number of anilines is 1. The van der Waals surface area contributed by atoms with E-state index in [1.165, 1.54) is 12.8 Å². The molecule has 1 fully saturated rings. The van der Waals surface area contributed by atoms with Gasteiger partial charge in [-0.05, 0) is 91.0 Å². The van der Waals surface area contributed by atoms with Crippen LogP contribution in [0.3, 0.4) is 0 Å². The van der Waals surface area contributed by atoms with Crippen LogP contribution in [0.25, 0.3) is 0 Å². The Morgan fingerprint density at radius 1 is 1.15 bits per heavy atom. The zero-order chi connectivity index (χ0) is 28.5. The number of benzene rings is 1. The molecule has 9 heteroatoms. The summed E-state index contributed by atoms with van der Waals surface area (Å²) in [7, 11) is 2.15. The minimum absolute atomic E-state index is 0.0195. The fraction of sp³-hybridized carbons (Fsp3) is 0.733. The van der Waals surface area contributed by atoms with Crippen LogP contribution in [0.2, 0.25) is 0 Å². The molecule has 1 aliphatic carbocycles. The highest BCUT2D eigenvalue weighted by atomic mass is 16.5. The van der Waals surface area contributed by atoms with Crippen LogP contribution >= 0.6 is 0 Å². The summed E-state index contributed by atoms with van der Waals surface area (Å²) in [5, 5.41) is 15.7. The molecule has 0 aromatic heterocycles. The zero-order valence-electron chi connectivity index (χ0n) is 24.7. The van der Waals surface area contributed by atoms with Crippen LogP contribution in [0, 0.1) is 11.8 Å². The quantitative estimate of drug-likeness (QED) is 0.448. The van der Waals surface area contributed by atoms with E-state index in [1.54, 1.807) is 23.1 Å². The lowest BCUT2D eigenvalue weighted by molar-refractivity contribution is -0.0172. The maximum atomic E-state index is 14.1. The second-order valence-corrected chi connectivity index (χ2v) is 11.9. The van der Waals surface area contributed by atoms with Crippen LogP contribution in [0.1, 0.15) is 77.1 Å². The summed E-state index contributed by atoms with van der Waals surface area (Å²) >= 11 is 0. The lowest BCUT2D eigenvalue weighted by Gasteiger charge is -2.36. The van der Waals surface area contributed by atoms with Crippen LogP contribution in [0.15, 0.2) is 18.2 Å². The van der Waals surface area contributed by atoms with Gasteiger partial charge in [-0.1, -0.05) is 6.92 Å². The van der Waals surface area contributed by atoms with Crippen molar-refractivity contribution in [2.24, 2.45) is 11.8 Å². The molecule has 2 aliphatic rings. The number of rotatable bonds is 8. The van der Waals surface area contributed by atoms with E-state index < -0.39 is 6.04 Å². The second kappa shape index (κ2) is 14.9. The third-order valence-electron chi connectivity index (χ3n) is 7.49. The minimum Gasteiger partial charge on any atom is -0.490 e. The molecule has 3 N–H and O–H groups in total. The topological polar surface area (TPSA) is 103 Å². The molecule has 0 unspecified atom stereocenters. The summed E-state index contributed by atoms with van der Waals surface area (Å²) in [5.41, 5.74) is 0.877. The Balaban J connectivity index is 1.91. The largest absolute Gasteiger partial charge is 0.490 e. The molecule has 3 amide bonds. The third kappa shape index (κ3) is 9.96. The minimum atomic E-state index is -0.399. The van der Waals surface area contributed by atoms with E-state index in [9.17, 15) is 14.7 Å². The Hall–Kier alpha value is -2.36. The molecule has 9 nitrogen and oxygen atoms in total. The van der Waals surface area contributed by atoms with Crippen molar-refractivity contribution in [3.63, 3.8) is 0 Å². The fourth-order valence-corrected chi connectivity index (χ4v) is 5.02. The summed E-state index contributed by atoms with van der Waals surface area (Å²) in [6, 6.07) is 4.43. The number of ether oxygens (including phenoxy) is 2. The molecular weight excluding hydrogens is 496 g/mol. The van der Waals surface area contributed by atoms with E-state index >= 15 is 0 Å². The van der Waals surface area contributed by atoms with Gasteiger partial charge in [0.05, 0.1) is 30.4 Å². The first kappa shape index (κ1) is 31.2. The number of aliphatic hydroxyl groups is 1. The van der Waals surface area contributed by atoms with Gasteiger partial charge in [0.15, 0.2) is 0 Å². The molecule has 1 aromatic rings. The summed E-state index contributed by atoms with van der Waals surface area (Å²) in [6.45, 7) is 12.6. The summed E-state index contributed by atoms with van der Waals surface area (Å²) < 4.78 is 12.7. The lowest BCUT2D eigenvalue weighted by atomic mass is 10.0. The van der Waals surface area contributed by atoms with E-state index in [2.05, 4.69) is 29.5 Å². The van der Waals surface area contributed by atoms with Gasteiger partial charge in [-0.2, -0.15) is 0 Å². The molecule has 0 saturated heterocycles. The highest BCUT2D eigenvalue weighted by Crippen LogP contribution is 2.30. The van der Waals surface area contributed by atoms with E-state index in [-0.39, 0.29) is 42.7 Å². The number of urea groups is 1. The highest BCUT2D eigenvalue weighted by molar-refractivity contribution is 5.99. The first-order valence-electron chi connectivity index (χ1n) is 14.7. The van der Waals surface area contributed by atoms with Gasteiger partial charge in [-0.25, -0.2) is 4.79 Å². The maximum Gasteiger partial charge on any atom is 0.319 e. The van der Waals surface area contributed by atoms with Crippen molar-refractivity contribution >= 4 is 17.6 Å². The Kier molecular flexibility index (Phi) is 11.9. The van der Waals surface area contributed by atoms with E-state index in [0.717, 1.165) is 38.3 Å². The van der Waals surface area contributed by atoms with Gasteiger partial charge in [0, 0.05) is 43.9 Å². The number of nitrogens with one attached hydrogen (secondary N) is 2. The number of carbonyl (C=O) groups is 2. The molecule has 39 heavy (non-hydrogen) atoms. The van der Waals surface area contributed by atoms with E-state index in [0.29, 0.717) is 30.2 Å². The Morgan fingerprint density at radius 2 is 1.90 bits per heavy atom. The normalized spacial score (nSPS) is 24.1. The van der Waals surface area contributed by atoms with Crippen LogP contribution < -0.4 is 15.4 Å². The van der Waals surface area contributed by atoms with Gasteiger partial charge in [0.25, 0.3) is 5.91 Å². The second-order valence-electron chi connectivity index (χ2n) is 11.9. The molecule has 1 saturated carbocycles. The van der Waals surface area contributed by atoms with Gasteiger partial charge in [0.1, 0.15) is 5.75 Å². The molecule has 3 rings (SSSR count). The fourth-order valence-electron chi connectivity index (χ4n) is 5.02. The number of likely N-dealkylation sites (N-methyl/N-ethyl adjacent to an activating group) is 1. The first-order valence-corrected chi connectivity index (χ1v) is 14.7. The van der Waals surface area contributed by atoms with Gasteiger partial charge < -0.3 is 35.0 Å². The molecule has 1 aromatic carbocycles. The summed E-state index contributed by atoms with van der Waals surface area (Å²) in [6.07, 6.45) is 5.23. The van der Waals surface area contributed by atoms with E-state index in [1.807, 2.05) is 27.7 Å². The highest BCUT2D eigenvalue weighted by Gasteiger charge is 2.31. The van der Waals surface area contributed by atoms with Crippen molar-refractivity contribution in [3.05, 3.63) is 23.8 Å². The Labute approximate surface area is 234 Å². The SMILES string of the molecule is CC(C)NC(=O)Nc1ccc2c(c1)C(=O)N([C@@H](C)CO)C[C@@H](C)[C@@H](CN(C)CC1CC1)OCCCC[C@@H](C)O2. The van der Waals surface area contributed by atoms with Gasteiger partial charge in [-0.3, -0.25) is 4.79 Å². The number of nitrogens with zero attached hydrogens (tertiary/aromatic N) is 2. The van der Waals surface area contributed by atoms with Gasteiger partial charge in [0.2, 0.25) is 0 Å². The van der Waals surface area contributed by atoms with E-state index in [4.69, 9.17) is 9.47 Å². The molecular formula is C30H50N4O5. The molecule has 0 bridgehead atoms. The van der Waals surface area contributed by atoms with Crippen molar-refractivity contribution in [1.29, 1.82) is 0 Å². The Morgan fingerprint density at radius 3 is 2.56 bits per heavy atom. The number of hydrogen-bond acceptors (Lipinski definition) is 6. The van der Waals surface area contributed by atoms with Crippen molar-refractivity contribution in [3.8, 4) is 5.75 Å². The monoisotopic (exact) mass is 546 g/mol. The van der Waals surface area contributed by atoms with Crippen molar-refractivity contribution < 1.29 is 24.2 Å². The Bertz CT molecular complexity index is 938. The molecule has 4 atom stereocenters. The average molecular weight is 547 g/mol. The predicted octanol–water partition coefficient (Wildman–Crippen LogP) is 4.35. The smallest absolute Gasteiger partial charge is 0.319 e. The lowest BCUT2D eigenvalue weighted by Crippen LogP contribution is -2.47. The molecule has 0 radical (unpaired) electrons. The van der Waals surface area contributed by atoms with Crippen LogP contribution in [0.5, 0.6) is 5.75 Å². The predicted molar refractivity (Wildman–Crippen MR) is 154 cm³/mol. The summed E-state index contributed by atoms with van der Waals surface area (Å²) in [4.78, 5) is 30.5. The average Bonchev–Trinajstić information content (AvgIpc) is 3.69. The third-order valence-corrected chi connectivity index (χ3v) is 7.49. The first-order chi connectivity index (χ1) is 18.6. The number of hydrogen-bond donors (Lipinski definition) is 3. The van der Waals surface area contributed by atoms with Crippen molar-refractivity contribution in [1.82, 2.24) is 15.1 Å². The zero-order valence-corrected chi connectivity index (χ0v) is 24.7. The molecule has 1 aliphatic heterocycles. The van der Waals surface area contributed by atoms with Gasteiger partial charge in [-0.15, -0.1) is 0 Å². The molecule has 0 spiro atoms. The maximum absolute atomic E-state index is 14.1. The van der Waals surface area contributed by atoms with Crippen molar-refractivity contribution in [2.75, 3.05) is 45.2 Å². The van der Waals surface area contributed by atoms with Crippen LogP contribution in [-0.2, 0) is 4.74 Å². The van der Waals surface area contributed by atoms with Crippen LogP contribution in [0.4, 0.5) is 10.5 Å². The summed E-state index contributed by atoms with van der Waals surface area (Å²) in [5.74, 6) is 1.09. The van der Waals surface area contributed by atoms with Crippen molar-refractivity contribution in [2.45, 2.75) is 91.0 Å². The van der Waals surface area contributed by atoms with Crippen LogP contribution in [-0.4, -0.2) is 91.0 Å². The standard InChI is InChI=1S/C30H50N4O5/c1-20(2)31-30(37)32-25-12-13-27-26(15-25)29(36)34(22(4)19-35)16-21(3)28(18-33(6)17-24-10-11-24)38-14-8-7-9-23(5)39-27/h12-13,15,20-24,28,35H,7-11,14,16-19H2,1-6H3,(H2,31,32,37)/t21-,22+,23-,28-/m1/s1. The molecule has 220 valence electrons. The number of fused-ring (bicyclic) bond motifs is 1. The molecule has 1 heterocycles.